The molecule has 1 amide bonds. The van der Waals surface area contributed by atoms with Gasteiger partial charge in [-0.2, -0.15) is 0 Å². The highest BCUT2D eigenvalue weighted by Gasteiger charge is 2.18. The van der Waals surface area contributed by atoms with Crippen LogP contribution >= 0.6 is 0 Å². The molecule has 1 aromatic rings. The van der Waals surface area contributed by atoms with Gasteiger partial charge in [0.25, 0.3) is 5.91 Å². The lowest BCUT2D eigenvalue weighted by Crippen LogP contribution is -2.29. The molecule has 0 atom stereocenters. The van der Waals surface area contributed by atoms with E-state index in [4.69, 9.17) is 11.2 Å². The fourth-order valence-corrected chi connectivity index (χ4v) is 2.29. The van der Waals surface area contributed by atoms with Crippen LogP contribution in [0.3, 0.4) is 0 Å². The predicted molar refractivity (Wildman–Crippen MR) is 79.4 cm³/mol. The molecule has 0 spiro atoms. The molecule has 0 aliphatic rings. The number of terminal acetylenes is 1. The Morgan fingerprint density at radius 2 is 1.86 bits per heavy atom. The van der Waals surface area contributed by atoms with Gasteiger partial charge in [-0.15, -0.1) is 6.42 Å². The lowest BCUT2D eigenvalue weighted by molar-refractivity contribution is -0.123. The van der Waals surface area contributed by atoms with E-state index >= 15 is 0 Å². The van der Waals surface area contributed by atoms with Gasteiger partial charge in [0.05, 0.1) is 17.0 Å². The number of carbonyl (C=O) groups is 2. The van der Waals surface area contributed by atoms with Gasteiger partial charge in [0.1, 0.15) is 0 Å². The fraction of sp³-hybridized carbons (Fsp3) is 0.286. The molecule has 0 bridgehead atoms. The second-order valence-corrected chi connectivity index (χ2v) is 6.52. The zero-order valence-corrected chi connectivity index (χ0v) is 13.0. The highest BCUT2D eigenvalue weighted by Crippen LogP contribution is 2.14. The summed E-state index contributed by atoms with van der Waals surface area (Å²) in [6.45, 7) is -0.411. The molecule has 0 fully saturated rings. The van der Waals surface area contributed by atoms with Crippen LogP contribution < -0.4 is 5.32 Å². The van der Waals surface area contributed by atoms with Crippen LogP contribution in [0.25, 0.3) is 0 Å². The molecule has 0 saturated heterocycles. The van der Waals surface area contributed by atoms with Gasteiger partial charge in [0.15, 0.2) is 6.61 Å². The molecule has 7 nitrogen and oxygen atoms in total. The van der Waals surface area contributed by atoms with Crippen molar-refractivity contribution in [3.63, 3.8) is 0 Å². The van der Waals surface area contributed by atoms with E-state index in [9.17, 15) is 18.0 Å². The Kier molecular flexibility index (Phi) is 6.10. The number of nitrogens with one attached hydrogen (secondary N) is 1. The quantitative estimate of drug-likeness (QED) is 0.580. The number of amides is 1. The number of hydrogen-bond acceptors (Lipinski definition) is 5. The van der Waals surface area contributed by atoms with E-state index < -0.39 is 28.5 Å². The Hall–Kier alpha value is -2.37. The number of ether oxygens (including phenoxy) is 1. The first kappa shape index (κ1) is 17.7. The van der Waals surface area contributed by atoms with E-state index in [0.29, 0.717) is 0 Å². The summed E-state index contributed by atoms with van der Waals surface area (Å²) in [6.07, 6.45) is 4.97. The second kappa shape index (κ2) is 7.59. The highest BCUT2D eigenvalue weighted by molar-refractivity contribution is 7.89. The molecule has 0 unspecified atom stereocenters. The SMILES string of the molecule is C#CCNC(=O)COC(=O)c1ccc(S(=O)(=O)N(C)C)cc1. The van der Waals surface area contributed by atoms with Gasteiger partial charge in [0, 0.05) is 14.1 Å². The van der Waals surface area contributed by atoms with E-state index in [-0.39, 0.29) is 17.0 Å². The first-order valence-electron chi connectivity index (χ1n) is 6.19. The van der Waals surface area contributed by atoms with Crippen molar-refractivity contribution in [2.24, 2.45) is 0 Å². The number of rotatable bonds is 6. The number of hydrogen-bond donors (Lipinski definition) is 1. The zero-order valence-electron chi connectivity index (χ0n) is 12.2. The number of sulfonamides is 1. The second-order valence-electron chi connectivity index (χ2n) is 4.37. The molecule has 22 heavy (non-hydrogen) atoms. The van der Waals surface area contributed by atoms with Crippen LogP contribution in [0.5, 0.6) is 0 Å². The van der Waals surface area contributed by atoms with Gasteiger partial charge >= 0.3 is 5.97 Å². The largest absolute Gasteiger partial charge is 0.452 e. The smallest absolute Gasteiger partial charge is 0.338 e. The summed E-state index contributed by atoms with van der Waals surface area (Å²) in [5.74, 6) is 0.967. The normalized spacial score (nSPS) is 10.8. The van der Waals surface area contributed by atoms with Crippen molar-refractivity contribution < 1.29 is 22.7 Å². The molecule has 118 valence electrons. The molecule has 1 N–H and O–H groups in total. The predicted octanol–water partition coefficient (Wildman–Crippen LogP) is -0.157. The number of benzene rings is 1. The molecule has 0 heterocycles. The van der Waals surface area contributed by atoms with Crippen molar-refractivity contribution in [3.8, 4) is 12.3 Å². The van der Waals surface area contributed by atoms with Gasteiger partial charge in [0.2, 0.25) is 10.0 Å². The maximum absolute atomic E-state index is 11.9. The first-order valence-corrected chi connectivity index (χ1v) is 7.63. The average Bonchev–Trinajstić information content (AvgIpc) is 2.50. The van der Waals surface area contributed by atoms with Crippen molar-refractivity contribution in [2.45, 2.75) is 4.90 Å². The van der Waals surface area contributed by atoms with Crippen LogP contribution in [0.2, 0.25) is 0 Å². The molecule has 1 rings (SSSR count). The van der Waals surface area contributed by atoms with E-state index in [1.165, 1.54) is 38.4 Å². The molecular formula is C14H16N2O5S. The summed E-state index contributed by atoms with van der Waals surface area (Å²) in [4.78, 5) is 23.0. The Balaban J connectivity index is 2.70. The Bertz CT molecular complexity index is 687. The maximum Gasteiger partial charge on any atom is 0.338 e. The van der Waals surface area contributed by atoms with Gasteiger partial charge in [-0.25, -0.2) is 17.5 Å². The zero-order chi connectivity index (χ0) is 16.8. The number of esters is 1. The van der Waals surface area contributed by atoms with Crippen molar-refractivity contribution in [1.29, 1.82) is 0 Å². The molecule has 0 radical (unpaired) electrons. The monoisotopic (exact) mass is 324 g/mol. The van der Waals surface area contributed by atoms with Crippen LogP contribution in [-0.4, -0.2) is 51.8 Å². The minimum absolute atomic E-state index is 0.0491. The first-order chi connectivity index (χ1) is 10.3. The maximum atomic E-state index is 11.9. The van der Waals surface area contributed by atoms with Crippen LogP contribution in [0.1, 0.15) is 10.4 Å². The fourth-order valence-electron chi connectivity index (χ4n) is 1.39. The van der Waals surface area contributed by atoms with Crippen LogP contribution in [0, 0.1) is 12.3 Å². The van der Waals surface area contributed by atoms with E-state index in [2.05, 4.69) is 11.2 Å². The van der Waals surface area contributed by atoms with Crippen molar-refractivity contribution >= 4 is 21.9 Å². The van der Waals surface area contributed by atoms with Gasteiger partial charge in [-0.3, -0.25) is 4.79 Å². The summed E-state index contributed by atoms with van der Waals surface area (Å²) in [7, 11) is -0.739. The van der Waals surface area contributed by atoms with Crippen LogP contribution in [0.4, 0.5) is 0 Å². The minimum Gasteiger partial charge on any atom is -0.452 e. The summed E-state index contributed by atoms with van der Waals surface area (Å²) >= 11 is 0. The Morgan fingerprint density at radius 3 is 2.36 bits per heavy atom. The van der Waals surface area contributed by atoms with Crippen molar-refractivity contribution in [1.82, 2.24) is 9.62 Å². The highest BCUT2D eigenvalue weighted by atomic mass is 32.2. The van der Waals surface area contributed by atoms with Crippen molar-refractivity contribution in [3.05, 3.63) is 29.8 Å². The lowest BCUT2D eigenvalue weighted by Gasteiger charge is -2.11. The number of nitrogens with zero attached hydrogens (tertiary/aromatic N) is 1. The summed E-state index contributed by atoms with van der Waals surface area (Å²) in [6, 6.07) is 5.23. The molecule has 0 aliphatic heterocycles. The average molecular weight is 324 g/mol. The van der Waals surface area contributed by atoms with Crippen molar-refractivity contribution in [2.75, 3.05) is 27.2 Å². The van der Waals surface area contributed by atoms with Gasteiger partial charge in [-0.05, 0) is 24.3 Å². The lowest BCUT2D eigenvalue weighted by atomic mass is 10.2. The molecule has 1 aromatic carbocycles. The minimum atomic E-state index is -3.56. The Morgan fingerprint density at radius 1 is 1.27 bits per heavy atom. The molecule has 0 aromatic heterocycles. The summed E-state index contributed by atoms with van der Waals surface area (Å²) in [5, 5.41) is 2.34. The molecule has 0 aliphatic carbocycles. The van der Waals surface area contributed by atoms with E-state index in [1.54, 1.807) is 0 Å². The number of carbonyl (C=O) groups excluding carboxylic acids is 2. The summed E-state index contributed by atoms with van der Waals surface area (Å²) < 4.78 is 29.6. The van der Waals surface area contributed by atoms with Crippen LogP contribution in [0.15, 0.2) is 29.2 Å². The van der Waals surface area contributed by atoms with E-state index in [0.717, 1.165) is 4.31 Å². The standard InChI is InChI=1S/C14H16N2O5S/c1-4-9-15-13(17)10-21-14(18)11-5-7-12(8-6-11)22(19,20)16(2)3/h1,5-8H,9-10H2,2-3H3,(H,15,17). The van der Waals surface area contributed by atoms with Gasteiger partial charge in [-0.1, -0.05) is 5.92 Å². The topological polar surface area (TPSA) is 92.8 Å². The third-order valence-electron chi connectivity index (χ3n) is 2.59. The molecular weight excluding hydrogens is 308 g/mol. The molecule has 0 saturated carbocycles. The molecule has 8 heteroatoms. The van der Waals surface area contributed by atoms with Crippen LogP contribution in [-0.2, 0) is 19.6 Å². The third kappa shape index (κ3) is 4.58. The van der Waals surface area contributed by atoms with E-state index in [1.807, 2.05) is 0 Å². The van der Waals surface area contributed by atoms with Gasteiger partial charge < -0.3 is 10.1 Å². The summed E-state index contributed by atoms with van der Waals surface area (Å²) in [5.41, 5.74) is 0.141. The third-order valence-corrected chi connectivity index (χ3v) is 4.42. The Labute approximate surface area is 129 Å².